The number of hydrogen-bond donors (Lipinski definition) is 0. The van der Waals surface area contributed by atoms with Gasteiger partial charge in [0.1, 0.15) is 0 Å². The molecule has 172 valence electrons. The van der Waals surface area contributed by atoms with Crippen LogP contribution in [0.4, 0.5) is 5.69 Å². The van der Waals surface area contributed by atoms with E-state index in [4.69, 9.17) is 4.74 Å². The Kier molecular flexibility index (Phi) is 6.86. The molecule has 2 aliphatic rings. The highest BCUT2D eigenvalue weighted by molar-refractivity contribution is 9.12. The number of rotatable bonds is 5. The largest absolute Gasteiger partial charge is 0.454 e. The summed E-state index contributed by atoms with van der Waals surface area (Å²) in [5.74, 6) is -2.00. The number of aryl methyl sites for hydroxylation is 2. The fourth-order valence-corrected chi connectivity index (χ4v) is 5.66. The summed E-state index contributed by atoms with van der Waals surface area (Å²) in [6, 6.07) is 11.7. The predicted molar refractivity (Wildman–Crippen MR) is 131 cm³/mol. The number of fused-ring (bicyclic) bond motifs is 1. The van der Waals surface area contributed by atoms with Crippen molar-refractivity contribution in [2.45, 2.75) is 36.3 Å². The summed E-state index contributed by atoms with van der Waals surface area (Å²) in [5, 5.41) is 0. The van der Waals surface area contributed by atoms with E-state index in [2.05, 4.69) is 31.9 Å². The molecule has 1 saturated heterocycles. The first-order valence-corrected chi connectivity index (χ1v) is 12.5. The van der Waals surface area contributed by atoms with Crippen molar-refractivity contribution in [3.8, 4) is 0 Å². The summed E-state index contributed by atoms with van der Waals surface area (Å²) in [4.78, 5) is 52.2. The van der Waals surface area contributed by atoms with Crippen molar-refractivity contribution in [1.29, 1.82) is 0 Å². The van der Waals surface area contributed by atoms with Gasteiger partial charge in [-0.15, -0.1) is 0 Å². The van der Waals surface area contributed by atoms with E-state index in [0.29, 0.717) is 24.1 Å². The molecule has 0 unspecified atom stereocenters. The average Bonchev–Trinajstić information content (AvgIpc) is 3.03. The zero-order valence-electron chi connectivity index (χ0n) is 18.2. The van der Waals surface area contributed by atoms with Gasteiger partial charge >= 0.3 is 5.97 Å². The molecule has 1 aliphatic heterocycles. The molecule has 6 nitrogen and oxygen atoms in total. The summed E-state index contributed by atoms with van der Waals surface area (Å²) in [7, 11) is 0. The van der Waals surface area contributed by atoms with E-state index in [9.17, 15) is 19.2 Å². The summed E-state index contributed by atoms with van der Waals surface area (Å²) < 4.78 is 5.20. The Balaban J connectivity index is 1.42. The normalized spacial score (nSPS) is 24.5. The molecule has 2 aromatic carbocycles. The molecule has 0 bridgehead atoms. The number of Topliss-reactive ketones (excluding diaryl/α,β-unsaturated/α-hetero) is 1. The minimum absolute atomic E-state index is 0.138. The number of amides is 2. The minimum atomic E-state index is -0.641. The van der Waals surface area contributed by atoms with Crippen LogP contribution < -0.4 is 4.90 Å². The zero-order valence-corrected chi connectivity index (χ0v) is 21.4. The van der Waals surface area contributed by atoms with Crippen molar-refractivity contribution in [2.75, 3.05) is 11.5 Å². The SMILES string of the molecule is Cc1ccc(C)c(C(=O)COC(=O)c2ccc(N3C(=O)[C@H]4C[C@@H](Br)[C@@H](Br)C[C@@H]4C3=O)cc2)c1. The van der Waals surface area contributed by atoms with Crippen molar-refractivity contribution in [1.82, 2.24) is 0 Å². The average molecular weight is 577 g/mol. The third-order valence-electron chi connectivity index (χ3n) is 6.30. The third kappa shape index (κ3) is 4.68. The van der Waals surface area contributed by atoms with Gasteiger partial charge in [0.15, 0.2) is 6.61 Å². The molecule has 8 heteroatoms. The van der Waals surface area contributed by atoms with Crippen LogP contribution in [-0.2, 0) is 14.3 Å². The van der Waals surface area contributed by atoms with Crippen LogP contribution >= 0.6 is 31.9 Å². The maximum atomic E-state index is 12.9. The van der Waals surface area contributed by atoms with Crippen molar-refractivity contribution < 1.29 is 23.9 Å². The number of halogens is 2. The Hall–Kier alpha value is -2.32. The molecule has 1 aliphatic carbocycles. The number of carbonyl (C=O) groups excluding carboxylic acids is 4. The molecule has 2 fully saturated rings. The van der Waals surface area contributed by atoms with Crippen LogP contribution in [0.3, 0.4) is 0 Å². The van der Waals surface area contributed by atoms with Gasteiger partial charge in [-0.3, -0.25) is 19.3 Å². The maximum absolute atomic E-state index is 12.9. The van der Waals surface area contributed by atoms with E-state index in [-0.39, 0.29) is 51.3 Å². The van der Waals surface area contributed by atoms with Crippen molar-refractivity contribution >= 4 is 61.1 Å². The molecule has 2 amide bonds. The number of carbonyl (C=O) groups is 4. The van der Waals surface area contributed by atoms with Crippen LogP contribution in [0.25, 0.3) is 0 Å². The first kappa shape index (κ1) is 23.8. The second-order valence-corrected chi connectivity index (χ2v) is 10.9. The first-order chi connectivity index (χ1) is 15.7. The topological polar surface area (TPSA) is 80.8 Å². The predicted octanol–water partition coefficient (Wildman–Crippen LogP) is 4.77. The minimum Gasteiger partial charge on any atom is -0.454 e. The Morgan fingerprint density at radius 3 is 2.09 bits per heavy atom. The second kappa shape index (κ2) is 9.50. The van der Waals surface area contributed by atoms with E-state index < -0.39 is 5.97 Å². The van der Waals surface area contributed by atoms with E-state index in [1.807, 2.05) is 26.0 Å². The number of imide groups is 1. The third-order valence-corrected chi connectivity index (χ3v) is 9.03. The number of anilines is 1. The van der Waals surface area contributed by atoms with Gasteiger partial charge < -0.3 is 4.74 Å². The van der Waals surface area contributed by atoms with Crippen LogP contribution in [-0.4, -0.2) is 39.8 Å². The van der Waals surface area contributed by atoms with Crippen molar-refractivity contribution in [3.63, 3.8) is 0 Å². The van der Waals surface area contributed by atoms with Gasteiger partial charge in [-0.1, -0.05) is 49.6 Å². The van der Waals surface area contributed by atoms with E-state index in [1.54, 1.807) is 18.2 Å². The monoisotopic (exact) mass is 575 g/mol. The molecular formula is C25H23Br2NO5. The molecule has 1 saturated carbocycles. The molecule has 4 atom stereocenters. The quantitative estimate of drug-likeness (QED) is 0.222. The Bertz CT molecular complexity index is 1100. The van der Waals surface area contributed by atoms with E-state index in [1.165, 1.54) is 17.0 Å². The molecule has 0 N–H and O–H groups in total. The number of hydrogen-bond acceptors (Lipinski definition) is 5. The van der Waals surface area contributed by atoms with Gasteiger partial charge in [0.2, 0.25) is 17.6 Å². The van der Waals surface area contributed by atoms with E-state index >= 15 is 0 Å². The zero-order chi connectivity index (χ0) is 23.9. The maximum Gasteiger partial charge on any atom is 0.338 e. The highest BCUT2D eigenvalue weighted by Gasteiger charge is 2.52. The molecule has 4 rings (SSSR count). The Morgan fingerprint density at radius 2 is 1.52 bits per heavy atom. The van der Waals surface area contributed by atoms with Crippen LogP contribution in [0.5, 0.6) is 0 Å². The second-order valence-electron chi connectivity index (χ2n) is 8.59. The lowest BCUT2D eigenvalue weighted by Gasteiger charge is -2.29. The first-order valence-electron chi connectivity index (χ1n) is 10.7. The molecule has 0 radical (unpaired) electrons. The summed E-state index contributed by atoms with van der Waals surface area (Å²) in [5.41, 5.74) is 2.98. The summed E-state index contributed by atoms with van der Waals surface area (Å²) in [6.07, 6.45) is 1.20. The van der Waals surface area contributed by atoms with Crippen LogP contribution in [0.15, 0.2) is 42.5 Å². The van der Waals surface area contributed by atoms with Crippen LogP contribution in [0.1, 0.15) is 44.7 Å². The van der Waals surface area contributed by atoms with Crippen LogP contribution in [0, 0.1) is 25.7 Å². The smallest absolute Gasteiger partial charge is 0.338 e. The fraction of sp³-hybridized carbons (Fsp3) is 0.360. The van der Waals surface area contributed by atoms with Gasteiger partial charge in [-0.2, -0.15) is 0 Å². The van der Waals surface area contributed by atoms with Crippen LogP contribution in [0.2, 0.25) is 0 Å². The number of ketones is 1. The standard InChI is InChI=1S/C25H23Br2NO5/c1-13-3-4-14(2)17(9-13)22(29)12-33-25(32)15-5-7-16(8-6-15)28-23(30)18-10-20(26)21(27)11-19(18)24(28)31/h3-9,18-21H,10-12H2,1-2H3/t18-,19-,20-,21+/m0/s1. The molecule has 33 heavy (non-hydrogen) atoms. The van der Waals surface area contributed by atoms with Gasteiger partial charge in [-0.05, 0) is 62.6 Å². The lowest BCUT2D eigenvalue weighted by Crippen LogP contribution is -2.34. The highest BCUT2D eigenvalue weighted by Crippen LogP contribution is 2.44. The Morgan fingerprint density at radius 1 is 0.939 bits per heavy atom. The molecule has 1 heterocycles. The van der Waals surface area contributed by atoms with Gasteiger partial charge in [0.05, 0.1) is 23.1 Å². The summed E-state index contributed by atoms with van der Waals surface area (Å²) in [6.45, 7) is 3.37. The number of ether oxygens (including phenoxy) is 1. The van der Waals surface area contributed by atoms with Gasteiger partial charge in [-0.25, -0.2) is 4.79 Å². The lowest BCUT2D eigenvalue weighted by atomic mass is 9.81. The number of nitrogens with zero attached hydrogens (tertiary/aromatic N) is 1. The van der Waals surface area contributed by atoms with Gasteiger partial charge in [0, 0.05) is 15.2 Å². The lowest BCUT2D eigenvalue weighted by molar-refractivity contribution is -0.122. The molecule has 0 aromatic heterocycles. The van der Waals surface area contributed by atoms with Crippen molar-refractivity contribution in [2.24, 2.45) is 11.8 Å². The number of esters is 1. The molecule has 2 aromatic rings. The molecular weight excluding hydrogens is 554 g/mol. The van der Waals surface area contributed by atoms with E-state index in [0.717, 1.165) is 11.1 Å². The number of alkyl halides is 2. The summed E-state index contributed by atoms with van der Waals surface area (Å²) >= 11 is 7.16. The van der Waals surface area contributed by atoms with Gasteiger partial charge in [0.25, 0.3) is 0 Å². The number of benzene rings is 2. The van der Waals surface area contributed by atoms with Crippen molar-refractivity contribution in [3.05, 3.63) is 64.7 Å². The highest BCUT2D eigenvalue weighted by atomic mass is 79.9. The molecule has 0 spiro atoms. The Labute approximate surface area is 208 Å². The fourth-order valence-electron chi connectivity index (χ4n) is 4.42.